The topological polar surface area (TPSA) is 113 Å². The number of nitro groups is 1. The van der Waals surface area contributed by atoms with E-state index in [1.165, 1.54) is 18.6 Å². The first-order valence-electron chi connectivity index (χ1n) is 9.51. The van der Waals surface area contributed by atoms with Crippen molar-refractivity contribution < 1.29 is 19.3 Å². The minimum absolute atomic E-state index is 0.0204. The number of carbonyl (C=O) groups is 3. The fraction of sp³-hybridized carbons (Fsp3) is 0.526. The van der Waals surface area contributed by atoms with Crippen LogP contribution in [0.3, 0.4) is 0 Å². The zero-order chi connectivity index (χ0) is 19.6. The third kappa shape index (κ3) is 2.61. The normalized spacial score (nSPS) is 32.6. The minimum Gasteiger partial charge on any atom is -0.348 e. The van der Waals surface area contributed by atoms with Crippen LogP contribution in [0.2, 0.25) is 0 Å². The van der Waals surface area contributed by atoms with Crippen LogP contribution in [0.5, 0.6) is 0 Å². The number of non-ortho nitro benzene ring substituents is 1. The predicted molar refractivity (Wildman–Crippen MR) is 96.6 cm³/mol. The van der Waals surface area contributed by atoms with Crippen molar-refractivity contribution in [2.75, 3.05) is 26.2 Å². The number of nitrogens with zero attached hydrogens (tertiary/aromatic N) is 3. The lowest BCUT2D eigenvalue weighted by Gasteiger charge is -2.58. The molecule has 4 atom stereocenters. The number of imide groups is 1. The van der Waals surface area contributed by atoms with Gasteiger partial charge in [0.25, 0.3) is 17.5 Å². The monoisotopic (exact) mass is 384 g/mol. The number of nitrogens with one attached hydrogen (secondary N) is 1. The van der Waals surface area contributed by atoms with Crippen LogP contribution in [0.4, 0.5) is 5.69 Å². The van der Waals surface area contributed by atoms with E-state index in [1.807, 2.05) is 0 Å². The van der Waals surface area contributed by atoms with Crippen molar-refractivity contribution in [2.24, 2.45) is 11.8 Å². The molecule has 9 heteroatoms. The van der Waals surface area contributed by atoms with Gasteiger partial charge in [-0.15, -0.1) is 0 Å². The Morgan fingerprint density at radius 1 is 1.18 bits per heavy atom. The molecule has 0 aromatic heterocycles. The zero-order valence-electron chi connectivity index (χ0n) is 15.2. The molecule has 4 fully saturated rings. The number of piperidine rings is 3. The lowest BCUT2D eigenvalue weighted by Crippen LogP contribution is -2.69. The minimum atomic E-state index is -0.659. The van der Waals surface area contributed by atoms with E-state index in [9.17, 15) is 24.5 Å². The molecule has 9 nitrogen and oxygen atoms in total. The number of hydrogen-bond donors (Lipinski definition) is 1. The number of benzene rings is 1. The first-order chi connectivity index (χ1) is 13.3. The molecule has 4 bridgehead atoms. The van der Waals surface area contributed by atoms with Crippen LogP contribution in [-0.4, -0.2) is 64.2 Å². The number of rotatable bonds is 4. The van der Waals surface area contributed by atoms with E-state index in [2.05, 4.69) is 10.2 Å². The summed E-state index contributed by atoms with van der Waals surface area (Å²) in [5.41, 5.74) is -0.440. The molecular formula is C19H20N4O5. The molecule has 5 aliphatic rings. The number of amides is 3. The zero-order valence-corrected chi connectivity index (χ0v) is 15.2. The van der Waals surface area contributed by atoms with E-state index in [0.717, 1.165) is 43.4 Å². The Hall–Kier alpha value is -2.81. The summed E-state index contributed by atoms with van der Waals surface area (Å²) in [7, 11) is 0. The maximum Gasteiger partial charge on any atom is 0.270 e. The van der Waals surface area contributed by atoms with E-state index < -0.39 is 16.7 Å². The second kappa shape index (κ2) is 5.84. The third-order valence-electron chi connectivity index (χ3n) is 6.46. The van der Waals surface area contributed by atoms with E-state index in [0.29, 0.717) is 11.8 Å². The summed E-state index contributed by atoms with van der Waals surface area (Å²) >= 11 is 0. The highest BCUT2D eigenvalue weighted by molar-refractivity contribution is 6.22. The van der Waals surface area contributed by atoms with Gasteiger partial charge in [-0.2, -0.15) is 0 Å². The number of fused-ring (bicyclic) bond motifs is 1. The molecule has 1 aliphatic carbocycles. The smallest absolute Gasteiger partial charge is 0.270 e. The summed E-state index contributed by atoms with van der Waals surface area (Å²) in [4.78, 5) is 51.4. The van der Waals surface area contributed by atoms with Crippen LogP contribution >= 0.6 is 0 Å². The van der Waals surface area contributed by atoms with Gasteiger partial charge in [-0.25, -0.2) is 0 Å². The van der Waals surface area contributed by atoms with Crippen molar-refractivity contribution in [3.63, 3.8) is 0 Å². The molecule has 3 saturated heterocycles. The second-order valence-electron chi connectivity index (χ2n) is 8.58. The highest BCUT2D eigenvalue weighted by atomic mass is 16.6. The van der Waals surface area contributed by atoms with Crippen LogP contribution in [0.1, 0.15) is 40.0 Å². The molecule has 4 aliphatic heterocycles. The van der Waals surface area contributed by atoms with E-state index >= 15 is 0 Å². The molecule has 146 valence electrons. The molecule has 1 N–H and O–H groups in total. The summed E-state index contributed by atoms with van der Waals surface area (Å²) in [5, 5.41) is 14.0. The average Bonchev–Trinajstić information content (AvgIpc) is 2.84. The highest BCUT2D eigenvalue weighted by Gasteiger charge is 2.51. The fourth-order valence-corrected chi connectivity index (χ4v) is 5.75. The first-order valence-corrected chi connectivity index (χ1v) is 9.51. The van der Waals surface area contributed by atoms with Crippen molar-refractivity contribution >= 4 is 23.4 Å². The van der Waals surface area contributed by atoms with Gasteiger partial charge in [0.2, 0.25) is 5.91 Å². The summed E-state index contributed by atoms with van der Waals surface area (Å²) in [6.07, 6.45) is 3.10. The number of carbonyl (C=O) groups excluding carboxylic acids is 3. The van der Waals surface area contributed by atoms with Crippen LogP contribution in [0.15, 0.2) is 18.2 Å². The molecule has 3 amide bonds. The molecule has 1 aromatic carbocycles. The fourth-order valence-electron chi connectivity index (χ4n) is 5.75. The number of hydrogen-bond acceptors (Lipinski definition) is 6. The van der Waals surface area contributed by atoms with Gasteiger partial charge in [0, 0.05) is 31.8 Å². The van der Waals surface area contributed by atoms with Crippen molar-refractivity contribution in [3.8, 4) is 0 Å². The third-order valence-corrected chi connectivity index (χ3v) is 6.46. The summed E-state index contributed by atoms with van der Waals surface area (Å²) in [6.45, 7) is 2.63. The van der Waals surface area contributed by atoms with Gasteiger partial charge in [-0.05, 0) is 37.2 Å². The molecular weight excluding hydrogens is 364 g/mol. The Kier molecular flexibility index (Phi) is 3.61. The lowest BCUT2D eigenvalue weighted by molar-refractivity contribution is -0.384. The molecule has 0 spiro atoms. The highest BCUT2D eigenvalue weighted by Crippen LogP contribution is 2.45. The molecule has 1 aromatic rings. The van der Waals surface area contributed by atoms with Gasteiger partial charge in [-0.3, -0.25) is 29.4 Å². The van der Waals surface area contributed by atoms with Crippen LogP contribution in [0, 0.1) is 22.0 Å². The van der Waals surface area contributed by atoms with Crippen LogP contribution in [-0.2, 0) is 4.79 Å². The van der Waals surface area contributed by atoms with Gasteiger partial charge in [0.1, 0.15) is 6.54 Å². The second-order valence-corrected chi connectivity index (χ2v) is 8.58. The van der Waals surface area contributed by atoms with Crippen molar-refractivity contribution in [2.45, 2.75) is 24.8 Å². The predicted octanol–water partition coefficient (Wildman–Crippen LogP) is 0.791. The Morgan fingerprint density at radius 2 is 1.86 bits per heavy atom. The maximum atomic E-state index is 12.7. The quantitative estimate of drug-likeness (QED) is 0.467. The Balaban J connectivity index is 1.31. The Labute approximate surface area is 160 Å². The standard InChI is InChI=1S/C19H20N4O5/c24-16(20-19-5-11-3-12(6-19)8-21(7-11)10-19)9-22-17(25)14-2-1-13(23(27)28)4-15(14)18(22)26/h1-2,4,11-12H,3,5-10H2,(H,20,24)/t11-,12+,19?. The van der Waals surface area contributed by atoms with Crippen LogP contribution < -0.4 is 5.32 Å². The largest absolute Gasteiger partial charge is 0.348 e. The van der Waals surface area contributed by atoms with Gasteiger partial charge < -0.3 is 10.2 Å². The average molecular weight is 384 g/mol. The Bertz CT molecular complexity index is 892. The van der Waals surface area contributed by atoms with Crippen LogP contribution in [0.25, 0.3) is 0 Å². The molecule has 0 radical (unpaired) electrons. The summed E-state index contributed by atoms with van der Waals surface area (Å²) in [5.74, 6) is -0.401. The van der Waals surface area contributed by atoms with Gasteiger partial charge in [0.15, 0.2) is 0 Å². The van der Waals surface area contributed by atoms with Crippen molar-refractivity contribution in [1.82, 2.24) is 15.1 Å². The summed E-state index contributed by atoms with van der Waals surface area (Å²) in [6, 6.07) is 3.56. The number of nitro benzene ring substituents is 1. The molecule has 2 unspecified atom stereocenters. The van der Waals surface area contributed by atoms with Gasteiger partial charge in [0.05, 0.1) is 21.6 Å². The van der Waals surface area contributed by atoms with E-state index in [1.54, 1.807) is 0 Å². The van der Waals surface area contributed by atoms with Crippen molar-refractivity contribution in [1.29, 1.82) is 0 Å². The lowest BCUT2D eigenvalue weighted by atomic mass is 9.64. The first kappa shape index (κ1) is 17.3. The van der Waals surface area contributed by atoms with Gasteiger partial charge in [-0.1, -0.05) is 0 Å². The SMILES string of the molecule is O=C(CN1C(=O)c2ccc([N+](=O)[O-])cc2C1=O)NC12C[C@@H]3C[C@@H](CN(C3)C1)C2. The maximum absolute atomic E-state index is 12.7. The van der Waals surface area contributed by atoms with E-state index in [-0.39, 0.29) is 34.8 Å². The van der Waals surface area contributed by atoms with Gasteiger partial charge >= 0.3 is 0 Å². The summed E-state index contributed by atoms with van der Waals surface area (Å²) < 4.78 is 0. The molecule has 6 rings (SSSR count). The molecule has 28 heavy (non-hydrogen) atoms. The molecule has 1 saturated carbocycles. The Morgan fingerprint density at radius 3 is 2.50 bits per heavy atom. The van der Waals surface area contributed by atoms with E-state index in [4.69, 9.17) is 0 Å². The molecule has 4 heterocycles. The van der Waals surface area contributed by atoms with Crippen molar-refractivity contribution in [3.05, 3.63) is 39.4 Å².